The van der Waals surface area contributed by atoms with Crippen molar-refractivity contribution in [2.45, 2.75) is 57.8 Å². The van der Waals surface area contributed by atoms with Gasteiger partial charge in [-0.3, -0.25) is 9.13 Å². The highest BCUT2D eigenvalue weighted by molar-refractivity contribution is 6.15. The standard InChI is InChI=1S/C75H55N5.C60H43N5/c1-74(2)64-29-17-14-27-58(64)60-42-36-54(45-66(60)74)72-76-71(52-24-12-7-13-25-52)77-73(78-72)80-69-43-37-53(44-62(69)63-46-61-59-28-15-18-30-65(59)75(3,4)67(61)47-70(63)80)50-34-40-56(41-35-50)79(55-38-32-49(33-39-55)48-20-8-5-9-21-48)68-31-19-16-26-57(68)51-22-10-6-11-23-51;1-60(2)52-29-17-15-28-48(52)49-38-51-50-37-46(64(45-33-31-41(32-34-45)40-19-7-3-8-20-40)54-30-18-16-27-47(54)42-21-9-4-10-22-42)35-36-55(50)65(56(51)39-53(49)60)59-62-57(43-23-11-5-12-24-43)61-58(63-59)44-25-13-6-14-26-44/h5-47H,1-4H3;3-39H,1-2H3. The van der Waals surface area contributed by atoms with Gasteiger partial charge in [-0.05, 0) is 220 Å². The summed E-state index contributed by atoms with van der Waals surface area (Å²) in [6, 6.07) is 174. The van der Waals surface area contributed by atoms with Gasteiger partial charge in [0.05, 0.1) is 33.4 Å². The molecule has 4 aromatic heterocycles. The first kappa shape index (κ1) is 86.9. The van der Waals surface area contributed by atoms with Crippen molar-refractivity contribution < 1.29 is 0 Å². The van der Waals surface area contributed by atoms with Crippen LogP contribution in [-0.4, -0.2) is 39.0 Å². The van der Waals surface area contributed by atoms with Crippen LogP contribution in [0.4, 0.5) is 34.1 Å². The minimum atomic E-state index is -0.220. The van der Waals surface area contributed by atoms with Gasteiger partial charge in [0.25, 0.3) is 0 Å². The lowest BCUT2D eigenvalue weighted by molar-refractivity contribution is 0.660. The molecule has 10 nitrogen and oxygen atoms in total. The van der Waals surface area contributed by atoms with E-state index in [0.717, 1.165) is 128 Å². The zero-order valence-corrected chi connectivity index (χ0v) is 81.2. The number of para-hydroxylation sites is 2. The van der Waals surface area contributed by atoms with Gasteiger partial charge in [-0.1, -0.05) is 418 Å². The Kier molecular flexibility index (Phi) is 21.1. The molecule has 0 fully saturated rings. The van der Waals surface area contributed by atoms with Gasteiger partial charge >= 0.3 is 0 Å². The van der Waals surface area contributed by atoms with Crippen molar-refractivity contribution in [3.8, 4) is 146 Å². The summed E-state index contributed by atoms with van der Waals surface area (Å²) in [6.07, 6.45) is 0. The zero-order valence-electron chi connectivity index (χ0n) is 81.2. The highest BCUT2D eigenvalue weighted by Crippen LogP contribution is 2.56. The van der Waals surface area contributed by atoms with Gasteiger partial charge in [0.15, 0.2) is 23.3 Å². The molecule has 0 atom stereocenters. The molecule has 24 aromatic rings. The largest absolute Gasteiger partial charge is 0.310 e. The number of anilines is 6. The second-order valence-electron chi connectivity index (χ2n) is 39.7. The smallest absolute Gasteiger partial charge is 0.238 e. The van der Waals surface area contributed by atoms with E-state index in [1.807, 2.05) is 42.5 Å². The Hall–Kier alpha value is -18.4. The Balaban J connectivity index is 0.000000151. The maximum absolute atomic E-state index is 5.50. The highest BCUT2D eigenvalue weighted by atomic mass is 15.2. The molecule has 0 amide bonds. The fourth-order valence-corrected chi connectivity index (χ4v) is 22.8. The van der Waals surface area contributed by atoms with E-state index in [2.05, 4.69) is 503 Å². The molecule has 3 aliphatic rings. The molecule has 3 aliphatic carbocycles. The molecule has 10 heteroatoms. The third-order valence-corrected chi connectivity index (χ3v) is 30.1. The van der Waals surface area contributed by atoms with Crippen molar-refractivity contribution in [1.29, 1.82) is 0 Å². The normalized spacial score (nSPS) is 13.1. The molecule has 0 N–H and O–H groups in total. The van der Waals surface area contributed by atoms with E-state index in [1.165, 1.54) is 94.6 Å². The van der Waals surface area contributed by atoms with Crippen molar-refractivity contribution >= 4 is 77.7 Å². The van der Waals surface area contributed by atoms with Crippen molar-refractivity contribution in [1.82, 2.24) is 39.0 Å². The molecule has 0 unspecified atom stereocenters. The molecule has 4 heterocycles. The molecule has 0 saturated carbocycles. The molecule has 0 radical (unpaired) electrons. The van der Waals surface area contributed by atoms with Crippen LogP contribution in [0.1, 0.15) is 74.9 Å². The van der Waals surface area contributed by atoms with Crippen LogP contribution in [0.15, 0.2) is 485 Å². The quantitative estimate of drug-likeness (QED) is 0.0890. The number of fused-ring (bicyclic) bond motifs is 15. The van der Waals surface area contributed by atoms with Gasteiger partial charge in [0, 0.05) is 93.9 Å². The minimum Gasteiger partial charge on any atom is -0.310 e. The molecule has 20 aromatic carbocycles. The number of nitrogens with zero attached hydrogens (tertiary/aromatic N) is 10. The summed E-state index contributed by atoms with van der Waals surface area (Å²) >= 11 is 0. The van der Waals surface area contributed by atoms with E-state index in [-0.39, 0.29) is 16.2 Å². The third-order valence-electron chi connectivity index (χ3n) is 30.1. The maximum Gasteiger partial charge on any atom is 0.238 e. The molecule has 0 saturated heterocycles. The number of rotatable bonds is 17. The van der Waals surface area contributed by atoms with Crippen LogP contribution in [0.5, 0.6) is 0 Å². The monoisotopic (exact) mass is 1860 g/mol. The fraction of sp³-hybridized carbons (Fsp3) is 0.0667. The van der Waals surface area contributed by atoms with Gasteiger partial charge in [-0.2, -0.15) is 19.9 Å². The molecule has 0 aliphatic heterocycles. The summed E-state index contributed by atoms with van der Waals surface area (Å²) < 4.78 is 4.54. The molecular formula is C135H98N10. The third kappa shape index (κ3) is 15.0. The molecular weight excluding hydrogens is 1760 g/mol. The Morgan fingerprint density at radius 1 is 0.166 bits per heavy atom. The van der Waals surface area contributed by atoms with Gasteiger partial charge in [-0.15, -0.1) is 0 Å². The lowest BCUT2D eigenvalue weighted by Gasteiger charge is -2.28. The predicted molar refractivity (Wildman–Crippen MR) is 599 cm³/mol. The van der Waals surface area contributed by atoms with E-state index in [4.69, 9.17) is 29.9 Å². The van der Waals surface area contributed by atoms with Crippen LogP contribution in [0, 0.1) is 0 Å². The van der Waals surface area contributed by atoms with Gasteiger partial charge < -0.3 is 9.80 Å². The average Bonchev–Trinajstić information content (AvgIpc) is 1.53. The summed E-state index contributed by atoms with van der Waals surface area (Å²) in [7, 11) is 0. The highest BCUT2D eigenvalue weighted by Gasteiger charge is 2.41. The summed E-state index contributed by atoms with van der Waals surface area (Å²) in [5.74, 6) is 3.66. The second kappa shape index (κ2) is 35.1. The van der Waals surface area contributed by atoms with Gasteiger partial charge in [0.1, 0.15) is 0 Å². The summed E-state index contributed by atoms with van der Waals surface area (Å²) in [4.78, 5) is 36.7. The Labute approximate surface area is 843 Å². The van der Waals surface area contributed by atoms with Gasteiger partial charge in [0.2, 0.25) is 11.9 Å². The van der Waals surface area contributed by atoms with Crippen LogP contribution >= 0.6 is 0 Å². The fourth-order valence-electron chi connectivity index (χ4n) is 22.8. The Morgan fingerprint density at radius 3 is 0.821 bits per heavy atom. The number of benzene rings is 20. The minimum absolute atomic E-state index is 0.183. The van der Waals surface area contributed by atoms with Crippen LogP contribution in [0.2, 0.25) is 0 Å². The lowest BCUT2D eigenvalue weighted by Crippen LogP contribution is -2.15. The molecule has 27 rings (SSSR count). The van der Waals surface area contributed by atoms with E-state index in [9.17, 15) is 0 Å². The summed E-state index contributed by atoms with van der Waals surface area (Å²) in [6.45, 7) is 14.0. The topological polar surface area (TPSA) is 93.7 Å². The van der Waals surface area contributed by atoms with E-state index in [0.29, 0.717) is 35.2 Å². The van der Waals surface area contributed by atoms with E-state index in [1.54, 1.807) is 0 Å². The van der Waals surface area contributed by atoms with Gasteiger partial charge in [-0.25, -0.2) is 9.97 Å². The molecule has 0 spiro atoms. The molecule has 688 valence electrons. The maximum atomic E-state index is 5.50. The Bertz CT molecular complexity index is 9100. The number of aromatic nitrogens is 8. The SMILES string of the molecule is CC1(C)c2ccccc2-c2cc3c4cc(N(c5ccc(-c6ccccc6)cc5)c5ccccc5-c5ccccc5)ccc4n(-c4nc(-c5ccccc5)nc(-c5ccccc5)n4)c3cc21.CC1(C)c2ccccc2-c2ccc(-c3nc(-c4ccccc4)nc(-n4c5ccc(-c6ccc(N(c7ccc(-c8ccccc8)cc7)c7ccccc7-c7ccccc7)cc6)cc5c5cc6c(cc54)C(C)(C)c4ccccc4-6)n3)cc21. The van der Waals surface area contributed by atoms with Crippen molar-refractivity contribution in [2.75, 3.05) is 9.80 Å². The number of hydrogen-bond donors (Lipinski definition) is 0. The number of hydrogen-bond acceptors (Lipinski definition) is 8. The average molecular weight is 1860 g/mol. The first-order valence-corrected chi connectivity index (χ1v) is 49.9. The van der Waals surface area contributed by atoms with Crippen LogP contribution < -0.4 is 9.80 Å². The first-order chi connectivity index (χ1) is 71.2. The zero-order chi connectivity index (χ0) is 97.2. The van der Waals surface area contributed by atoms with Crippen LogP contribution in [-0.2, 0) is 16.2 Å². The predicted octanol–water partition coefficient (Wildman–Crippen LogP) is 34.8. The summed E-state index contributed by atoms with van der Waals surface area (Å²) in [5.41, 5.74) is 40.8. The van der Waals surface area contributed by atoms with E-state index >= 15 is 0 Å². The van der Waals surface area contributed by atoms with Crippen molar-refractivity contribution in [3.05, 3.63) is 519 Å². The van der Waals surface area contributed by atoms with Crippen molar-refractivity contribution in [2.24, 2.45) is 0 Å². The first-order valence-electron chi connectivity index (χ1n) is 49.9. The molecule has 0 bridgehead atoms. The summed E-state index contributed by atoms with van der Waals surface area (Å²) in [5, 5.41) is 4.51. The van der Waals surface area contributed by atoms with Crippen LogP contribution in [0.3, 0.4) is 0 Å². The van der Waals surface area contributed by atoms with Crippen LogP contribution in [0.25, 0.3) is 190 Å². The second-order valence-corrected chi connectivity index (χ2v) is 39.7. The van der Waals surface area contributed by atoms with E-state index < -0.39 is 0 Å². The Morgan fingerprint density at radius 2 is 0.428 bits per heavy atom. The molecule has 145 heavy (non-hydrogen) atoms. The van der Waals surface area contributed by atoms with Crippen molar-refractivity contribution in [3.63, 3.8) is 0 Å². The lowest BCUT2D eigenvalue weighted by atomic mass is 9.82.